The standard InChI is InChI=1S/C11H12ClNO/c12-8-5-6-10(13-7-8)9-3-1-2-4-11(9)14/h5-7,9H,1-4H2/t9-/m1/s1. The molecule has 1 aliphatic rings. The zero-order valence-electron chi connectivity index (χ0n) is 7.87. The number of rotatable bonds is 1. The number of carbonyl (C=O) groups excluding carboxylic acids is 1. The van der Waals surface area contributed by atoms with E-state index in [1.807, 2.05) is 6.07 Å². The van der Waals surface area contributed by atoms with Crippen LogP contribution >= 0.6 is 11.6 Å². The van der Waals surface area contributed by atoms with Crippen LogP contribution in [0.25, 0.3) is 0 Å². The average molecular weight is 210 g/mol. The van der Waals surface area contributed by atoms with Crippen molar-refractivity contribution in [1.29, 1.82) is 0 Å². The Balaban J connectivity index is 2.20. The lowest BCUT2D eigenvalue weighted by molar-refractivity contribution is -0.121. The molecule has 1 aliphatic carbocycles. The molecule has 14 heavy (non-hydrogen) atoms. The maximum absolute atomic E-state index is 11.6. The van der Waals surface area contributed by atoms with Crippen molar-refractivity contribution in [3.05, 3.63) is 29.0 Å². The number of ketones is 1. The molecule has 0 bridgehead atoms. The number of Topliss-reactive ketones (excluding diaryl/α,β-unsaturated/α-hetero) is 1. The molecule has 3 heteroatoms. The second kappa shape index (κ2) is 4.09. The Labute approximate surface area is 88.3 Å². The normalized spacial score (nSPS) is 22.4. The molecular formula is C11H12ClNO. The Morgan fingerprint density at radius 3 is 2.86 bits per heavy atom. The Morgan fingerprint density at radius 1 is 1.36 bits per heavy atom. The molecule has 1 aromatic rings. The molecule has 0 unspecified atom stereocenters. The molecule has 0 aromatic carbocycles. The highest BCUT2D eigenvalue weighted by Gasteiger charge is 2.24. The van der Waals surface area contributed by atoms with E-state index in [1.165, 1.54) is 0 Å². The predicted octanol–water partition coefficient (Wildman–Crippen LogP) is 2.96. The molecule has 0 amide bonds. The van der Waals surface area contributed by atoms with Gasteiger partial charge in [-0.3, -0.25) is 9.78 Å². The van der Waals surface area contributed by atoms with Crippen LogP contribution < -0.4 is 0 Å². The summed E-state index contributed by atoms with van der Waals surface area (Å²) in [6.07, 6.45) is 5.41. The van der Waals surface area contributed by atoms with Crippen LogP contribution in [0, 0.1) is 0 Å². The van der Waals surface area contributed by atoms with Gasteiger partial charge >= 0.3 is 0 Å². The minimum absolute atomic E-state index is 0.0148. The number of aromatic nitrogens is 1. The van der Waals surface area contributed by atoms with Gasteiger partial charge in [-0.05, 0) is 25.0 Å². The van der Waals surface area contributed by atoms with Crippen molar-refractivity contribution in [2.45, 2.75) is 31.6 Å². The number of halogens is 1. The third-order valence-electron chi connectivity index (χ3n) is 2.66. The summed E-state index contributed by atoms with van der Waals surface area (Å²) in [6, 6.07) is 3.65. The van der Waals surface area contributed by atoms with Gasteiger partial charge in [-0.15, -0.1) is 0 Å². The molecule has 1 saturated carbocycles. The molecule has 0 N–H and O–H groups in total. The lowest BCUT2D eigenvalue weighted by Gasteiger charge is -2.19. The summed E-state index contributed by atoms with van der Waals surface area (Å²) in [6.45, 7) is 0. The SMILES string of the molecule is O=C1CCCC[C@@H]1c1ccc(Cl)cn1. The number of nitrogens with zero attached hydrogens (tertiary/aromatic N) is 1. The summed E-state index contributed by atoms with van der Waals surface area (Å²) in [5.74, 6) is 0.340. The average Bonchev–Trinajstić information content (AvgIpc) is 2.20. The number of pyridine rings is 1. The van der Waals surface area contributed by atoms with Crippen LogP contribution in [0.15, 0.2) is 18.3 Å². The van der Waals surface area contributed by atoms with E-state index in [0.29, 0.717) is 17.2 Å². The van der Waals surface area contributed by atoms with Crippen molar-refractivity contribution in [3.8, 4) is 0 Å². The first kappa shape index (κ1) is 9.66. The zero-order chi connectivity index (χ0) is 9.97. The largest absolute Gasteiger partial charge is 0.299 e. The highest BCUT2D eigenvalue weighted by atomic mass is 35.5. The molecule has 0 saturated heterocycles. The molecule has 2 nitrogen and oxygen atoms in total. The monoisotopic (exact) mass is 209 g/mol. The first-order valence-corrected chi connectivity index (χ1v) is 5.29. The Morgan fingerprint density at radius 2 is 2.21 bits per heavy atom. The molecule has 1 atom stereocenters. The summed E-state index contributed by atoms with van der Waals surface area (Å²) < 4.78 is 0. The molecule has 74 valence electrons. The molecule has 0 spiro atoms. The fourth-order valence-corrected chi connectivity index (χ4v) is 2.00. The number of hydrogen-bond acceptors (Lipinski definition) is 2. The van der Waals surface area contributed by atoms with E-state index in [0.717, 1.165) is 25.0 Å². The van der Waals surface area contributed by atoms with Crippen LogP contribution in [0.5, 0.6) is 0 Å². The van der Waals surface area contributed by atoms with Gasteiger partial charge in [0, 0.05) is 12.6 Å². The van der Waals surface area contributed by atoms with Crippen LogP contribution in [0.3, 0.4) is 0 Å². The molecule has 2 rings (SSSR count). The van der Waals surface area contributed by atoms with Crippen molar-refractivity contribution in [1.82, 2.24) is 4.98 Å². The minimum Gasteiger partial charge on any atom is -0.299 e. The molecule has 1 aromatic heterocycles. The van der Waals surface area contributed by atoms with E-state index in [-0.39, 0.29) is 5.92 Å². The molecule has 1 heterocycles. The summed E-state index contributed by atoms with van der Waals surface area (Å²) in [5.41, 5.74) is 0.874. The maximum Gasteiger partial charge on any atom is 0.141 e. The lowest BCUT2D eigenvalue weighted by atomic mass is 9.85. The summed E-state index contributed by atoms with van der Waals surface area (Å²) >= 11 is 5.74. The quantitative estimate of drug-likeness (QED) is 0.712. The fourth-order valence-electron chi connectivity index (χ4n) is 1.89. The van der Waals surface area contributed by atoms with E-state index >= 15 is 0 Å². The van der Waals surface area contributed by atoms with Crippen molar-refractivity contribution in [2.75, 3.05) is 0 Å². The van der Waals surface area contributed by atoms with E-state index in [2.05, 4.69) is 4.98 Å². The van der Waals surface area contributed by atoms with Gasteiger partial charge in [-0.25, -0.2) is 0 Å². The smallest absolute Gasteiger partial charge is 0.141 e. The highest BCUT2D eigenvalue weighted by molar-refractivity contribution is 6.30. The number of carbonyl (C=O) groups is 1. The van der Waals surface area contributed by atoms with Crippen molar-refractivity contribution in [2.24, 2.45) is 0 Å². The van der Waals surface area contributed by atoms with Crippen LogP contribution in [0.2, 0.25) is 5.02 Å². The Bertz CT molecular complexity index is 334. The summed E-state index contributed by atoms with van der Waals surface area (Å²) in [7, 11) is 0. The van der Waals surface area contributed by atoms with E-state index in [1.54, 1.807) is 12.3 Å². The maximum atomic E-state index is 11.6. The van der Waals surface area contributed by atoms with Crippen LogP contribution in [-0.2, 0) is 4.79 Å². The van der Waals surface area contributed by atoms with Crippen LogP contribution in [-0.4, -0.2) is 10.8 Å². The topological polar surface area (TPSA) is 30.0 Å². The van der Waals surface area contributed by atoms with Gasteiger partial charge in [-0.1, -0.05) is 18.0 Å². The number of hydrogen-bond donors (Lipinski definition) is 0. The molecule has 0 aliphatic heterocycles. The molecule has 0 radical (unpaired) electrons. The van der Waals surface area contributed by atoms with Gasteiger partial charge in [0.15, 0.2) is 0 Å². The van der Waals surface area contributed by atoms with Gasteiger partial charge in [0.25, 0.3) is 0 Å². The Hall–Kier alpha value is -0.890. The first-order chi connectivity index (χ1) is 6.77. The third-order valence-corrected chi connectivity index (χ3v) is 2.89. The van der Waals surface area contributed by atoms with Crippen LogP contribution in [0.1, 0.15) is 37.3 Å². The van der Waals surface area contributed by atoms with Crippen LogP contribution in [0.4, 0.5) is 0 Å². The lowest BCUT2D eigenvalue weighted by Crippen LogP contribution is -2.17. The van der Waals surface area contributed by atoms with E-state index in [4.69, 9.17) is 11.6 Å². The molecular weight excluding hydrogens is 198 g/mol. The van der Waals surface area contributed by atoms with Crippen molar-refractivity contribution >= 4 is 17.4 Å². The summed E-state index contributed by atoms with van der Waals surface area (Å²) in [4.78, 5) is 15.8. The summed E-state index contributed by atoms with van der Waals surface area (Å²) in [5, 5.41) is 0.622. The van der Waals surface area contributed by atoms with Gasteiger partial charge < -0.3 is 0 Å². The highest BCUT2D eigenvalue weighted by Crippen LogP contribution is 2.28. The van der Waals surface area contributed by atoms with Gasteiger partial charge in [0.1, 0.15) is 5.78 Å². The van der Waals surface area contributed by atoms with Gasteiger partial charge in [-0.2, -0.15) is 0 Å². The first-order valence-electron chi connectivity index (χ1n) is 4.91. The van der Waals surface area contributed by atoms with E-state index in [9.17, 15) is 4.79 Å². The molecule has 1 fully saturated rings. The Kier molecular flexibility index (Phi) is 2.82. The van der Waals surface area contributed by atoms with Crippen molar-refractivity contribution in [3.63, 3.8) is 0 Å². The zero-order valence-corrected chi connectivity index (χ0v) is 8.63. The third kappa shape index (κ3) is 1.95. The second-order valence-corrected chi connectivity index (χ2v) is 4.10. The predicted molar refractivity (Wildman–Crippen MR) is 55.5 cm³/mol. The van der Waals surface area contributed by atoms with E-state index < -0.39 is 0 Å². The van der Waals surface area contributed by atoms with Gasteiger partial charge in [0.2, 0.25) is 0 Å². The van der Waals surface area contributed by atoms with Crippen molar-refractivity contribution < 1.29 is 4.79 Å². The van der Waals surface area contributed by atoms with Gasteiger partial charge in [0.05, 0.1) is 16.6 Å². The second-order valence-electron chi connectivity index (χ2n) is 3.67. The fraction of sp³-hybridized carbons (Fsp3) is 0.455. The minimum atomic E-state index is 0.0148.